The second-order valence-electron chi connectivity index (χ2n) is 3.94. The van der Waals surface area contributed by atoms with Crippen LogP contribution >= 0.6 is 0 Å². The number of aromatic nitrogens is 2. The van der Waals surface area contributed by atoms with Crippen LogP contribution in [0.2, 0.25) is 0 Å². The molecule has 0 spiro atoms. The molecule has 2 rings (SSSR count). The lowest BCUT2D eigenvalue weighted by Crippen LogP contribution is -2.29. The summed E-state index contributed by atoms with van der Waals surface area (Å²) in [5.41, 5.74) is 1.12. The summed E-state index contributed by atoms with van der Waals surface area (Å²) in [5.74, 6) is 0. The Labute approximate surface area is 78.0 Å². The van der Waals surface area contributed by atoms with Crippen LogP contribution in [0, 0.1) is 16.7 Å². The number of nitriles is 1. The van der Waals surface area contributed by atoms with Crippen LogP contribution in [0.5, 0.6) is 0 Å². The van der Waals surface area contributed by atoms with Gasteiger partial charge in [-0.25, -0.2) is 0 Å². The van der Waals surface area contributed by atoms with Crippen LogP contribution in [0.25, 0.3) is 0 Å². The van der Waals surface area contributed by atoms with Gasteiger partial charge in [0.2, 0.25) is 0 Å². The van der Waals surface area contributed by atoms with E-state index in [0.29, 0.717) is 0 Å². The number of nitrogens with zero attached hydrogens (tertiary/aromatic N) is 3. The zero-order valence-corrected chi connectivity index (χ0v) is 7.82. The third-order valence-electron chi connectivity index (χ3n) is 2.85. The molecule has 1 aliphatic carbocycles. The molecule has 1 heterocycles. The molecule has 0 amide bonds. The molecule has 0 atom stereocenters. The number of hydrogen-bond acceptors (Lipinski definition) is 2. The SMILES string of the molecule is Cn1cc(CC2(C#N)CCC2)cn1. The zero-order chi connectivity index (χ0) is 9.31. The Kier molecular flexibility index (Phi) is 1.84. The van der Waals surface area contributed by atoms with E-state index in [1.165, 1.54) is 12.0 Å². The van der Waals surface area contributed by atoms with Crippen molar-refractivity contribution in [3.05, 3.63) is 18.0 Å². The van der Waals surface area contributed by atoms with Gasteiger partial charge < -0.3 is 0 Å². The van der Waals surface area contributed by atoms with Crippen LogP contribution < -0.4 is 0 Å². The average molecular weight is 175 g/mol. The summed E-state index contributed by atoms with van der Waals surface area (Å²) < 4.78 is 1.79. The van der Waals surface area contributed by atoms with E-state index in [4.69, 9.17) is 5.26 Å². The van der Waals surface area contributed by atoms with Gasteiger partial charge in [0.25, 0.3) is 0 Å². The van der Waals surface area contributed by atoms with Gasteiger partial charge in [-0.3, -0.25) is 4.68 Å². The largest absolute Gasteiger partial charge is 0.276 e. The van der Waals surface area contributed by atoms with Crippen molar-refractivity contribution in [2.24, 2.45) is 12.5 Å². The molecule has 3 heteroatoms. The summed E-state index contributed by atoms with van der Waals surface area (Å²) in [6, 6.07) is 2.44. The summed E-state index contributed by atoms with van der Waals surface area (Å²) in [7, 11) is 1.91. The molecule has 3 nitrogen and oxygen atoms in total. The maximum absolute atomic E-state index is 9.03. The normalized spacial score (nSPS) is 19.1. The van der Waals surface area contributed by atoms with Gasteiger partial charge >= 0.3 is 0 Å². The van der Waals surface area contributed by atoms with Crippen LogP contribution in [-0.2, 0) is 13.5 Å². The van der Waals surface area contributed by atoms with Crippen molar-refractivity contribution in [3.8, 4) is 6.07 Å². The number of hydrogen-bond donors (Lipinski definition) is 0. The first-order valence-electron chi connectivity index (χ1n) is 4.63. The molecule has 1 aromatic heterocycles. The van der Waals surface area contributed by atoms with Gasteiger partial charge in [-0.05, 0) is 24.8 Å². The Hall–Kier alpha value is -1.30. The average Bonchev–Trinajstić information content (AvgIpc) is 2.44. The molecule has 0 unspecified atom stereocenters. The molecule has 0 N–H and O–H groups in total. The second kappa shape index (κ2) is 2.88. The first-order valence-corrected chi connectivity index (χ1v) is 4.63. The fourth-order valence-electron chi connectivity index (χ4n) is 1.89. The highest BCUT2D eigenvalue weighted by atomic mass is 15.2. The topological polar surface area (TPSA) is 41.6 Å². The Morgan fingerprint density at radius 2 is 2.46 bits per heavy atom. The van der Waals surface area contributed by atoms with E-state index in [2.05, 4.69) is 11.2 Å². The fraction of sp³-hybridized carbons (Fsp3) is 0.600. The summed E-state index contributed by atoms with van der Waals surface area (Å²) in [4.78, 5) is 0. The molecular formula is C10H13N3. The van der Waals surface area contributed by atoms with Crippen molar-refractivity contribution in [2.75, 3.05) is 0 Å². The van der Waals surface area contributed by atoms with E-state index < -0.39 is 0 Å². The quantitative estimate of drug-likeness (QED) is 0.686. The van der Waals surface area contributed by atoms with E-state index >= 15 is 0 Å². The molecule has 1 aromatic rings. The lowest BCUT2D eigenvalue weighted by molar-refractivity contribution is 0.214. The van der Waals surface area contributed by atoms with E-state index in [9.17, 15) is 0 Å². The highest BCUT2D eigenvalue weighted by Crippen LogP contribution is 2.42. The van der Waals surface area contributed by atoms with Gasteiger partial charge in [0.05, 0.1) is 17.7 Å². The molecule has 68 valence electrons. The van der Waals surface area contributed by atoms with Gasteiger partial charge in [-0.2, -0.15) is 10.4 Å². The monoisotopic (exact) mass is 175 g/mol. The van der Waals surface area contributed by atoms with E-state index in [0.717, 1.165) is 19.3 Å². The molecule has 0 radical (unpaired) electrons. The summed E-state index contributed by atoms with van der Waals surface area (Å²) >= 11 is 0. The standard InChI is InChI=1S/C10H13N3/c1-13-7-9(6-12-13)5-10(8-11)3-2-4-10/h6-7H,2-5H2,1H3. The predicted octanol–water partition coefficient (Wildman–Crippen LogP) is 1.66. The van der Waals surface area contributed by atoms with Crippen molar-refractivity contribution >= 4 is 0 Å². The van der Waals surface area contributed by atoms with Crippen molar-refractivity contribution in [1.82, 2.24) is 9.78 Å². The third-order valence-corrected chi connectivity index (χ3v) is 2.85. The van der Waals surface area contributed by atoms with Crippen LogP contribution in [0.15, 0.2) is 12.4 Å². The molecule has 1 fully saturated rings. The highest BCUT2D eigenvalue weighted by Gasteiger charge is 2.37. The van der Waals surface area contributed by atoms with E-state index in [1.807, 2.05) is 19.4 Å². The molecule has 0 aliphatic heterocycles. The Bertz CT molecular complexity index is 341. The predicted molar refractivity (Wildman–Crippen MR) is 48.8 cm³/mol. The van der Waals surface area contributed by atoms with Crippen molar-refractivity contribution in [3.63, 3.8) is 0 Å². The molecule has 13 heavy (non-hydrogen) atoms. The van der Waals surface area contributed by atoms with Crippen LogP contribution in [-0.4, -0.2) is 9.78 Å². The lowest BCUT2D eigenvalue weighted by atomic mass is 9.67. The van der Waals surface area contributed by atoms with Crippen LogP contribution in [0.1, 0.15) is 24.8 Å². The second-order valence-corrected chi connectivity index (χ2v) is 3.94. The minimum Gasteiger partial charge on any atom is -0.276 e. The summed E-state index contributed by atoms with van der Waals surface area (Å²) in [6.07, 6.45) is 8.04. The fourth-order valence-corrected chi connectivity index (χ4v) is 1.89. The highest BCUT2D eigenvalue weighted by molar-refractivity contribution is 5.15. The minimum atomic E-state index is -0.0664. The summed E-state index contributed by atoms with van der Waals surface area (Å²) in [6.45, 7) is 0. The maximum atomic E-state index is 9.03. The molecule has 0 saturated heterocycles. The lowest BCUT2D eigenvalue weighted by Gasteiger charge is -2.34. The zero-order valence-electron chi connectivity index (χ0n) is 7.82. The van der Waals surface area contributed by atoms with Gasteiger partial charge in [-0.15, -0.1) is 0 Å². The van der Waals surface area contributed by atoms with E-state index in [1.54, 1.807) is 4.68 Å². The van der Waals surface area contributed by atoms with Crippen molar-refractivity contribution in [1.29, 1.82) is 5.26 Å². The minimum absolute atomic E-state index is 0.0664. The first kappa shape index (κ1) is 8.31. The molecule has 1 saturated carbocycles. The van der Waals surface area contributed by atoms with Crippen LogP contribution in [0.4, 0.5) is 0 Å². The number of rotatable bonds is 2. The summed E-state index contributed by atoms with van der Waals surface area (Å²) in [5, 5.41) is 13.1. The number of aryl methyl sites for hydroxylation is 1. The third kappa shape index (κ3) is 1.44. The first-order chi connectivity index (χ1) is 6.24. The Morgan fingerprint density at radius 3 is 2.85 bits per heavy atom. The van der Waals surface area contributed by atoms with Gasteiger partial charge in [0, 0.05) is 13.2 Å². The molecular weight excluding hydrogens is 162 g/mol. The van der Waals surface area contributed by atoms with Gasteiger partial charge in [0.1, 0.15) is 0 Å². The van der Waals surface area contributed by atoms with E-state index in [-0.39, 0.29) is 5.41 Å². The molecule has 0 bridgehead atoms. The Morgan fingerprint density at radius 1 is 1.69 bits per heavy atom. The van der Waals surface area contributed by atoms with Crippen molar-refractivity contribution < 1.29 is 0 Å². The van der Waals surface area contributed by atoms with Crippen LogP contribution in [0.3, 0.4) is 0 Å². The maximum Gasteiger partial charge on any atom is 0.0693 e. The van der Waals surface area contributed by atoms with Gasteiger partial charge in [-0.1, -0.05) is 6.42 Å². The Balaban J connectivity index is 2.09. The molecule has 1 aliphatic rings. The van der Waals surface area contributed by atoms with Crippen molar-refractivity contribution in [2.45, 2.75) is 25.7 Å². The molecule has 0 aromatic carbocycles. The van der Waals surface area contributed by atoms with Gasteiger partial charge in [0.15, 0.2) is 0 Å². The smallest absolute Gasteiger partial charge is 0.0693 e.